The first-order valence-electron chi connectivity index (χ1n) is 24.0. The molecule has 3 saturated heterocycles. The molecule has 4 aromatic rings. The number of rotatable bonds is 13. The van der Waals surface area contributed by atoms with Crippen LogP contribution >= 0.6 is 0 Å². The molecule has 12 heteroatoms. The van der Waals surface area contributed by atoms with Crippen molar-refractivity contribution in [2.45, 2.75) is 161 Å². The smallest absolute Gasteiger partial charge is 0.259 e. The van der Waals surface area contributed by atoms with Crippen LogP contribution in [0.2, 0.25) is 27.7 Å². The number of nitrogens with zero attached hydrogens (tertiary/aromatic N) is 4. The number of piperidine rings is 1. The third-order valence-corrected chi connectivity index (χ3v) is 27.5. The molecule has 0 radical (unpaired) electrons. The number of fused-ring (bicyclic) bond motifs is 4. The van der Waals surface area contributed by atoms with Crippen LogP contribution in [0.25, 0.3) is 32.9 Å². The summed E-state index contributed by atoms with van der Waals surface area (Å²) in [7, 11) is -3.82. The van der Waals surface area contributed by atoms with Crippen LogP contribution < -0.4 is 19.4 Å². The summed E-state index contributed by atoms with van der Waals surface area (Å²) in [4.78, 5) is 14.3. The van der Waals surface area contributed by atoms with E-state index >= 15 is 13.2 Å². The van der Waals surface area contributed by atoms with E-state index in [1.807, 2.05) is 52.0 Å². The van der Waals surface area contributed by atoms with E-state index in [0.29, 0.717) is 64.4 Å². The second kappa shape index (κ2) is 18.2. The lowest BCUT2D eigenvalue weighted by atomic mass is 9.83. The number of hydrogen-bond donors (Lipinski definition) is 1. The molecule has 3 aliphatic rings. The Morgan fingerprint density at radius 1 is 0.891 bits per heavy atom. The average molecular weight is 914 g/mol. The molecule has 3 aromatic carbocycles. The third-order valence-electron chi connectivity index (χ3n) is 15.4. The minimum absolute atomic E-state index is 0.114. The lowest BCUT2D eigenvalue weighted by Crippen LogP contribution is -2.56. The number of aromatic nitrogens is 2. The van der Waals surface area contributed by atoms with Crippen LogP contribution in [0.15, 0.2) is 36.7 Å². The molecule has 7 nitrogen and oxygen atoms in total. The van der Waals surface area contributed by atoms with Crippen molar-refractivity contribution in [1.82, 2.24) is 20.2 Å². The number of nitrogens with one attached hydrogen (secondary N) is 1. The predicted molar refractivity (Wildman–Crippen MR) is 265 cm³/mol. The van der Waals surface area contributed by atoms with Gasteiger partial charge in [-0.05, 0) is 93.0 Å². The minimum atomic E-state index is -3.17. The number of piperazine rings is 1. The molecule has 0 spiro atoms. The highest BCUT2D eigenvalue weighted by Gasteiger charge is 2.53. The van der Waals surface area contributed by atoms with Crippen LogP contribution in [0.3, 0.4) is 0 Å². The highest BCUT2D eigenvalue weighted by molar-refractivity contribution is 6.91. The van der Waals surface area contributed by atoms with Gasteiger partial charge in [0, 0.05) is 53.3 Å². The Bertz CT molecular complexity index is 2380. The van der Waals surface area contributed by atoms with E-state index in [0.717, 1.165) is 38.8 Å². The molecule has 1 N–H and O–H groups in total. The number of ether oxygens (including phenoxy) is 1. The molecule has 2 bridgehead atoms. The van der Waals surface area contributed by atoms with Gasteiger partial charge < -0.3 is 24.3 Å². The van der Waals surface area contributed by atoms with Gasteiger partial charge in [-0.15, -0.1) is 5.54 Å². The van der Waals surface area contributed by atoms with E-state index in [9.17, 15) is 0 Å². The highest BCUT2D eigenvalue weighted by Crippen LogP contribution is 2.57. The predicted octanol–water partition coefficient (Wildman–Crippen LogP) is 12.8. The van der Waals surface area contributed by atoms with Crippen LogP contribution in [0.5, 0.6) is 11.5 Å². The third kappa shape index (κ3) is 8.49. The summed E-state index contributed by atoms with van der Waals surface area (Å²) < 4.78 is 68.0. The quantitative estimate of drug-likeness (QED) is 0.106. The van der Waals surface area contributed by atoms with Gasteiger partial charge in [-0.3, -0.25) is 0 Å². The van der Waals surface area contributed by atoms with Crippen molar-refractivity contribution in [3.8, 4) is 34.2 Å². The summed E-state index contributed by atoms with van der Waals surface area (Å²) >= 11 is 0. The molecule has 3 fully saturated rings. The molecular formula is C52H74F3N5O2Si2. The van der Waals surface area contributed by atoms with Gasteiger partial charge in [0.15, 0.2) is 19.6 Å². The Labute approximate surface area is 383 Å². The zero-order chi connectivity index (χ0) is 46.7. The molecule has 7 rings (SSSR count). The number of likely N-dealkylation sites (tertiary alicyclic amines) is 1. The molecule has 1 unspecified atom stereocenters. The second-order valence-electron chi connectivity index (χ2n) is 21.9. The maximum Gasteiger partial charge on any atom is 0.259 e. The molecule has 1 aromatic heterocycles. The molecule has 3 atom stereocenters. The number of alkyl halides is 1. The number of halogens is 3. The van der Waals surface area contributed by atoms with Crippen molar-refractivity contribution in [3.63, 3.8) is 0 Å². The summed E-state index contributed by atoms with van der Waals surface area (Å²) in [5.41, 5.74) is 5.30. The topological polar surface area (TPSA) is 62.8 Å². The van der Waals surface area contributed by atoms with E-state index in [1.165, 1.54) is 12.4 Å². The van der Waals surface area contributed by atoms with Gasteiger partial charge in [0.25, 0.3) is 8.32 Å². The molecule has 3 aliphatic heterocycles. The Hall–Kier alpha value is -3.64. The summed E-state index contributed by atoms with van der Waals surface area (Å²) in [6, 6.07) is 9.63. The first-order valence-corrected chi connectivity index (χ1v) is 28.3. The first kappa shape index (κ1) is 48.3. The maximum atomic E-state index is 18.6. The monoisotopic (exact) mass is 914 g/mol. The summed E-state index contributed by atoms with van der Waals surface area (Å²) in [6.07, 6.45) is 5.54. The van der Waals surface area contributed by atoms with E-state index in [1.54, 1.807) is 13.8 Å². The number of hydrogen-bond acceptors (Lipinski definition) is 7. The zero-order valence-electron chi connectivity index (χ0n) is 41.1. The molecule has 64 heavy (non-hydrogen) atoms. The highest BCUT2D eigenvalue weighted by atomic mass is 28.4. The summed E-state index contributed by atoms with van der Waals surface area (Å²) in [6.45, 7) is 30.4. The lowest BCUT2D eigenvalue weighted by molar-refractivity contribution is 0.0695. The Morgan fingerprint density at radius 3 is 2.09 bits per heavy atom. The molecule has 0 saturated carbocycles. The van der Waals surface area contributed by atoms with Crippen molar-refractivity contribution < 1.29 is 22.3 Å². The van der Waals surface area contributed by atoms with E-state index in [2.05, 4.69) is 87.1 Å². The molecule has 348 valence electrons. The molecule has 0 aliphatic carbocycles. The van der Waals surface area contributed by atoms with Gasteiger partial charge >= 0.3 is 0 Å². The van der Waals surface area contributed by atoms with Gasteiger partial charge in [-0.25, -0.2) is 23.1 Å². The van der Waals surface area contributed by atoms with Gasteiger partial charge in [0.1, 0.15) is 23.3 Å². The van der Waals surface area contributed by atoms with Crippen LogP contribution in [-0.4, -0.2) is 88.5 Å². The van der Waals surface area contributed by atoms with Crippen molar-refractivity contribution in [1.29, 1.82) is 0 Å². The molecule has 4 heterocycles. The Balaban J connectivity index is 1.69. The average Bonchev–Trinajstić information content (AvgIpc) is 3.55. The molecular weight excluding hydrogens is 840 g/mol. The SMILES string of the molecule is CC(C)[Si](Oc1c(OCC2(C)CCCN(C)C2)c(-c2ncnc3ccccc23)c2c(F)c(C#C[Si](C(C)C)(C(C)C)C(C)(C)F)c(F)cc2c1N1C[C@H]2CC[C@@H](C1)N2)(C(C)C)C(C)C. The van der Waals surface area contributed by atoms with Gasteiger partial charge in [-0.1, -0.05) is 100 Å². The summed E-state index contributed by atoms with van der Waals surface area (Å²) in [5, 5.41) is 3.43. The fourth-order valence-electron chi connectivity index (χ4n) is 12.7. The minimum Gasteiger partial charge on any atom is -0.539 e. The van der Waals surface area contributed by atoms with Crippen molar-refractivity contribution in [3.05, 3.63) is 53.9 Å². The van der Waals surface area contributed by atoms with Crippen LogP contribution in [0, 0.1) is 28.5 Å². The maximum absolute atomic E-state index is 18.6. The van der Waals surface area contributed by atoms with Gasteiger partial charge in [-0.2, -0.15) is 0 Å². The van der Waals surface area contributed by atoms with Crippen LogP contribution in [-0.2, 0) is 0 Å². The van der Waals surface area contributed by atoms with Crippen molar-refractivity contribution in [2.75, 3.05) is 44.7 Å². The van der Waals surface area contributed by atoms with E-state index in [4.69, 9.17) is 14.1 Å². The van der Waals surface area contributed by atoms with Crippen LogP contribution in [0.4, 0.5) is 18.9 Å². The van der Waals surface area contributed by atoms with Crippen molar-refractivity contribution in [2.24, 2.45) is 5.41 Å². The number of anilines is 1. The normalized spacial score (nSPS) is 21.2. The Kier molecular flexibility index (Phi) is 13.7. The summed E-state index contributed by atoms with van der Waals surface area (Å²) in [5.74, 6) is 2.42. The van der Waals surface area contributed by atoms with E-state index < -0.39 is 33.3 Å². The van der Waals surface area contributed by atoms with Gasteiger partial charge in [0.05, 0.1) is 34.6 Å². The van der Waals surface area contributed by atoms with E-state index in [-0.39, 0.29) is 56.2 Å². The van der Waals surface area contributed by atoms with Gasteiger partial charge in [0.2, 0.25) is 0 Å². The van der Waals surface area contributed by atoms with Crippen molar-refractivity contribution >= 4 is 43.8 Å². The number of benzene rings is 3. The van der Waals surface area contributed by atoms with Crippen LogP contribution in [0.1, 0.15) is 121 Å². The number of para-hydroxylation sites is 1. The first-order chi connectivity index (χ1) is 30.1. The fraction of sp³-hybridized carbons (Fsp3) is 0.615. The largest absolute Gasteiger partial charge is 0.539 e. The molecule has 0 amide bonds. The zero-order valence-corrected chi connectivity index (χ0v) is 43.1. The fourth-order valence-corrected chi connectivity index (χ4v) is 23.2. The second-order valence-corrected chi connectivity index (χ2v) is 32.8. The Morgan fingerprint density at radius 2 is 1.52 bits per heavy atom. The lowest BCUT2D eigenvalue weighted by Gasteiger charge is -2.45. The standard InChI is InChI=1S/C52H74F3N5O2Si2/c1-32(2)63(33(3)4,51(11,12)55)25-22-39-42(53)26-41-44(46(39)54)45(47-40-18-15-16-19-43(40)56-31-57-47)49(61-30-52(13)23-17-24-59(14)29-52)50(62-64(34(5)6,35(7)8)36(9)10)48(41)60-27-37-20-21-38(28-60)58-37/h15-16,18-19,26,31-38,58H,17,20-21,23-24,27-30H2,1-14H3/t37-,38+,52?.